The lowest BCUT2D eigenvalue weighted by Crippen LogP contribution is -2.39. The van der Waals surface area contributed by atoms with Gasteiger partial charge in [-0.05, 0) is 48.9 Å². The van der Waals surface area contributed by atoms with E-state index in [9.17, 15) is 9.59 Å². The van der Waals surface area contributed by atoms with Gasteiger partial charge in [-0.3, -0.25) is 14.9 Å². The van der Waals surface area contributed by atoms with Crippen molar-refractivity contribution in [1.29, 1.82) is 0 Å². The van der Waals surface area contributed by atoms with Crippen LogP contribution in [0.2, 0.25) is 0 Å². The Kier molecular flexibility index (Phi) is 5.75. The molecule has 4 heterocycles. The molecule has 200 valence electrons. The lowest BCUT2D eigenvalue weighted by Gasteiger charge is -2.32. The summed E-state index contributed by atoms with van der Waals surface area (Å²) in [5.41, 5.74) is 13.4. The van der Waals surface area contributed by atoms with Crippen LogP contribution in [0.1, 0.15) is 37.1 Å². The first-order valence-corrected chi connectivity index (χ1v) is 14.1. The highest BCUT2D eigenvalue weighted by Gasteiger charge is 2.39. The van der Waals surface area contributed by atoms with Crippen molar-refractivity contribution >= 4 is 44.8 Å². The maximum atomic E-state index is 13.7. The van der Waals surface area contributed by atoms with E-state index in [1.807, 2.05) is 72.9 Å². The van der Waals surface area contributed by atoms with Crippen LogP contribution in [0.4, 0.5) is 0 Å². The van der Waals surface area contributed by atoms with Gasteiger partial charge in [0.1, 0.15) is 0 Å². The molecule has 0 bridgehead atoms. The number of nitrogens with zero attached hydrogens (tertiary/aromatic N) is 2. The summed E-state index contributed by atoms with van der Waals surface area (Å²) in [6, 6.07) is 26.4. The molecule has 0 radical (unpaired) electrons. The number of aryl methyl sites for hydroxylation is 1. The zero-order valence-corrected chi connectivity index (χ0v) is 22.7. The fraction of sp³-hybridized carbons (Fsp3) is 0.235. The first kappa shape index (κ1) is 24.6. The number of amides is 2. The molecule has 2 amide bonds. The van der Waals surface area contributed by atoms with Crippen LogP contribution < -0.4 is 11.1 Å². The number of hydrogen-bond donors (Lipinski definition) is 2. The van der Waals surface area contributed by atoms with Crippen LogP contribution in [0.5, 0.6) is 0 Å². The number of nitrogens with one attached hydrogen (secondary N) is 1. The summed E-state index contributed by atoms with van der Waals surface area (Å²) in [4.78, 5) is 27.3. The average Bonchev–Trinajstić information content (AvgIpc) is 3.60. The van der Waals surface area contributed by atoms with E-state index in [-0.39, 0.29) is 17.9 Å². The number of benzene rings is 3. The molecule has 2 aromatic heterocycles. The molecule has 2 aliphatic heterocycles. The van der Waals surface area contributed by atoms with Crippen LogP contribution in [0, 0.1) is 11.8 Å². The minimum absolute atomic E-state index is 0.0657. The molecule has 2 atom stereocenters. The molecule has 1 unspecified atom stereocenters. The smallest absolute Gasteiger partial charge is 0.259 e. The first-order valence-electron chi connectivity index (χ1n) is 14.1. The average molecular weight is 529 g/mol. The standard InChI is InChI=1S/C34H32N4O2/c1-20(2)32(35)21-16-17-37-27-15-9-7-13-24(27)29(28(37)18-21)31-30(33(39)36-34(31)40)25-19-38(22-10-4-3-5-11-22)26-14-8-6-12-23(25)26/h3-15,19-21,32H,16-18,35H2,1-2H3,(H,36,39,40)/t21?,32-/m0/s1. The minimum atomic E-state index is -0.355. The number of imide groups is 1. The Labute approximate surface area is 233 Å². The number of rotatable bonds is 5. The zero-order valence-electron chi connectivity index (χ0n) is 22.7. The van der Waals surface area contributed by atoms with Gasteiger partial charge >= 0.3 is 0 Å². The van der Waals surface area contributed by atoms with Gasteiger partial charge in [0.2, 0.25) is 0 Å². The van der Waals surface area contributed by atoms with E-state index in [1.54, 1.807) is 0 Å². The summed E-state index contributed by atoms with van der Waals surface area (Å²) < 4.78 is 4.43. The van der Waals surface area contributed by atoms with Gasteiger partial charge in [0.05, 0.1) is 16.7 Å². The third-order valence-corrected chi connectivity index (χ3v) is 8.77. The SMILES string of the molecule is CC(C)[C@H](N)C1CCn2c(c(C3=C(c4cn(-c5ccccc5)c5ccccc45)C(=O)NC3=O)c3ccccc32)C1. The lowest BCUT2D eigenvalue weighted by atomic mass is 9.82. The van der Waals surface area contributed by atoms with E-state index in [2.05, 4.69) is 40.4 Å². The second-order valence-corrected chi connectivity index (χ2v) is 11.4. The van der Waals surface area contributed by atoms with Crippen molar-refractivity contribution in [1.82, 2.24) is 14.5 Å². The molecular formula is C34H32N4O2. The maximum Gasteiger partial charge on any atom is 0.259 e. The van der Waals surface area contributed by atoms with Crippen molar-refractivity contribution in [3.8, 4) is 5.69 Å². The van der Waals surface area contributed by atoms with E-state index in [4.69, 9.17) is 5.73 Å². The van der Waals surface area contributed by atoms with Crippen molar-refractivity contribution in [3.05, 3.63) is 102 Å². The molecule has 6 nitrogen and oxygen atoms in total. The number of aromatic nitrogens is 2. The fourth-order valence-corrected chi connectivity index (χ4v) is 6.75. The van der Waals surface area contributed by atoms with E-state index < -0.39 is 0 Å². The summed E-state index contributed by atoms with van der Waals surface area (Å²) in [5, 5.41) is 4.58. The normalized spacial score (nSPS) is 18.1. The zero-order chi connectivity index (χ0) is 27.5. The highest BCUT2D eigenvalue weighted by Crippen LogP contribution is 2.43. The molecule has 0 fully saturated rings. The van der Waals surface area contributed by atoms with Gasteiger partial charge in [0, 0.05) is 57.6 Å². The third kappa shape index (κ3) is 3.67. The summed E-state index contributed by atoms with van der Waals surface area (Å²) in [6.45, 7) is 5.18. The molecule has 3 N–H and O–H groups in total. The Hall–Kier alpha value is -4.42. The number of nitrogens with two attached hydrogens (primary N) is 1. The van der Waals surface area contributed by atoms with E-state index in [0.717, 1.165) is 63.7 Å². The Morgan fingerprint density at radius 2 is 1.48 bits per heavy atom. The Balaban J connectivity index is 1.51. The van der Waals surface area contributed by atoms with Crippen molar-refractivity contribution in [2.75, 3.05) is 0 Å². The molecule has 40 heavy (non-hydrogen) atoms. The van der Waals surface area contributed by atoms with Crippen LogP contribution in [0.15, 0.2) is 85.1 Å². The summed E-state index contributed by atoms with van der Waals surface area (Å²) in [6.07, 6.45) is 3.76. The Bertz CT molecular complexity index is 1840. The number of carbonyl (C=O) groups excluding carboxylic acids is 2. The van der Waals surface area contributed by atoms with Crippen LogP contribution in [0.25, 0.3) is 38.6 Å². The van der Waals surface area contributed by atoms with Crippen LogP contribution in [-0.4, -0.2) is 27.0 Å². The van der Waals surface area contributed by atoms with Crippen LogP contribution in [-0.2, 0) is 22.6 Å². The molecule has 3 aromatic carbocycles. The number of carbonyl (C=O) groups is 2. The Morgan fingerprint density at radius 3 is 2.23 bits per heavy atom. The largest absolute Gasteiger partial charge is 0.344 e. The number of hydrogen-bond acceptors (Lipinski definition) is 3. The summed E-state index contributed by atoms with van der Waals surface area (Å²) in [7, 11) is 0. The molecular weight excluding hydrogens is 496 g/mol. The molecule has 2 aliphatic rings. The summed E-state index contributed by atoms with van der Waals surface area (Å²) >= 11 is 0. The molecule has 5 aromatic rings. The third-order valence-electron chi connectivity index (χ3n) is 8.77. The fourth-order valence-electron chi connectivity index (χ4n) is 6.75. The molecule has 6 heteroatoms. The van der Waals surface area contributed by atoms with Gasteiger partial charge in [0.15, 0.2) is 0 Å². The summed E-state index contributed by atoms with van der Waals surface area (Å²) in [5.74, 6) is -0.0309. The van der Waals surface area contributed by atoms with Crippen molar-refractivity contribution in [3.63, 3.8) is 0 Å². The molecule has 7 rings (SSSR count). The number of para-hydroxylation sites is 3. The van der Waals surface area contributed by atoms with Gasteiger partial charge in [0.25, 0.3) is 11.8 Å². The van der Waals surface area contributed by atoms with Crippen LogP contribution in [0.3, 0.4) is 0 Å². The van der Waals surface area contributed by atoms with Gasteiger partial charge < -0.3 is 14.9 Å². The first-order chi connectivity index (χ1) is 19.4. The van der Waals surface area contributed by atoms with Crippen molar-refractivity contribution < 1.29 is 9.59 Å². The van der Waals surface area contributed by atoms with Crippen molar-refractivity contribution in [2.45, 2.75) is 39.3 Å². The van der Waals surface area contributed by atoms with Gasteiger partial charge in [-0.1, -0.05) is 68.4 Å². The number of fused-ring (bicyclic) bond motifs is 4. The predicted octanol–water partition coefficient (Wildman–Crippen LogP) is 5.70. The molecule has 0 saturated carbocycles. The van der Waals surface area contributed by atoms with Gasteiger partial charge in [-0.25, -0.2) is 0 Å². The topological polar surface area (TPSA) is 82.0 Å². The van der Waals surface area contributed by atoms with Gasteiger partial charge in [-0.15, -0.1) is 0 Å². The van der Waals surface area contributed by atoms with Crippen LogP contribution >= 0.6 is 0 Å². The second-order valence-electron chi connectivity index (χ2n) is 11.4. The highest BCUT2D eigenvalue weighted by atomic mass is 16.2. The maximum absolute atomic E-state index is 13.7. The van der Waals surface area contributed by atoms with E-state index in [1.165, 1.54) is 0 Å². The van der Waals surface area contributed by atoms with Crippen molar-refractivity contribution in [2.24, 2.45) is 17.6 Å². The van der Waals surface area contributed by atoms with Gasteiger partial charge in [-0.2, -0.15) is 0 Å². The quantitative estimate of drug-likeness (QED) is 0.287. The van der Waals surface area contributed by atoms with E-state index >= 15 is 0 Å². The monoisotopic (exact) mass is 528 g/mol. The molecule has 0 spiro atoms. The molecule has 0 aliphatic carbocycles. The minimum Gasteiger partial charge on any atom is -0.344 e. The highest BCUT2D eigenvalue weighted by molar-refractivity contribution is 6.51. The van der Waals surface area contributed by atoms with E-state index in [0.29, 0.717) is 23.0 Å². The molecule has 0 saturated heterocycles. The lowest BCUT2D eigenvalue weighted by molar-refractivity contribution is -0.122. The second kappa shape index (κ2) is 9.35. The Morgan fingerprint density at radius 1 is 0.825 bits per heavy atom. The predicted molar refractivity (Wildman–Crippen MR) is 160 cm³/mol.